The van der Waals surface area contributed by atoms with E-state index in [1.165, 1.54) is 11.4 Å². The van der Waals surface area contributed by atoms with E-state index in [-0.39, 0.29) is 13.0 Å². The third-order valence-corrected chi connectivity index (χ3v) is 4.41. The van der Waals surface area contributed by atoms with Gasteiger partial charge in [0.1, 0.15) is 5.75 Å². The van der Waals surface area contributed by atoms with Gasteiger partial charge >= 0.3 is 5.97 Å². The predicted molar refractivity (Wildman–Crippen MR) is 66.6 cm³/mol. The maximum atomic E-state index is 11.8. The highest BCUT2D eigenvalue weighted by Crippen LogP contribution is 2.02. The second-order valence-corrected chi connectivity index (χ2v) is 5.77. The van der Waals surface area contributed by atoms with Crippen LogP contribution in [-0.2, 0) is 19.6 Å². The largest absolute Gasteiger partial charge is 0.481 e. The van der Waals surface area contributed by atoms with E-state index in [4.69, 9.17) is 5.11 Å². The number of carbonyl (C=O) groups is 2. The molecule has 0 atom stereocenters. The topological polar surface area (TPSA) is 95.0 Å². The Morgan fingerprint density at radius 1 is 1.17 bits per heavy atom. The molecule has 0 bridgehead atoms. The van der Waals surface area contributed by atoms with Gasteiger partial charge in [-0.1, -0.05) is 13.8 Å². The number of nitrogens with zero attached hydrogens (tertiary/aromatic N) is 2. The van der Waals surface area contributed by atoms with Crippen LogP contribution in [0.25, 0.3) is 0 Å². The van der Waals surface area contributed by atoms with Crippen molar-refractivity contribution in [3.8, 4) is 0 Å². The van der Waals surface area contributed by atoms with Crippen LogP contribution < -0.4 is 0 Å². The van der Waals surface area contributed by atoms with Gasteiger partial charge in [0.05, 0.1) is 6.42 Å². The highest BCUT2D eigenvalue weighted by molar-refractivity contribution is 7.89. The zero-order valence-electron chi connectivity index (χ0n) is 10.9. The molecule has 0 aromatic carbocycles. The molecule has 0 aliphatic heterocycles. The molecular formula is C10H20N2O5S. The molecule has 0 aliphatic carbocycles. The molecule has 0 fully saturated rings. The monoisotopic (exact) mass is 280 g/mol. The average molecular weight is 280 g/mol. The first-order valence-electron chi connectivity index (χ1n) is 5.68. The number of amides is 1. The van der Waals surface area contributed by atoms with E-state index in [0.29, 0.717) is 13.1 Å². The number of carboxylic acid groups (broad SMARTS) is 1. The van der Waals surface area contributed by atoms with Gasteiger partial charge in [0.2, 0.25) is 15.9 Å². The fourth-order valence-corrected chi connectivity index (χ4v) is 2.86. The molecule has 0 unspecified atom stereocenters. The highest BCUT2D eigenvalue weighted by atomic mass is 32.2. The molecule has 1 N–H and O–H groups in total. The van der Waals surface area contributed by atoms with E-state index in [1.54, 1.807) is 13.8 Å². The Morgan fingerprint density at radius 2 is 1.67 bits per heavy atom. The van der Waals surface area contributed by atoms with E-state index in [1.807, 2.05) is 0 Å². The lowest BCUT2D eigenvalue weighted by molar-refractivity contribution is -0.137. The summed E-state index contributed by atoms with van der Waals surface area (Å²) in [6.45, 7) is 4.01. The molecule has 0 rings (SSSR count). The lowest BCUT2D eigenvalue weighted by Crippen LogP contribution is -2.40. The fraction of sp³-hybridized carbons (Fsp3) is 0.800. The third kappa shape index (κ3) is 5.46. The third-order valence-electron chi connectivity index (χ3n) is 2.49. The van der Waals surface area contributed by atoms with Crippen molar-refractivity contribution < 1.29 is 23.1 Å². The van der Waals surface area contributed by atoms with Gasteiger partial charge < -0.3 is 10.0 Å². The summed E-state index contributed by atoms with van der Waals surface area (Å²) in [4.78, 5) is 23.1. The van der Waals surface area contributed by atoms with E-state index in [2.05, 4.69) is 0 Å². The Bertz CT molecular complexity index is 389. The first kappa shape index (κ1) is 16.9. The summed E-state index contributed by atoms with van der Waals surface area (Å²) in [5.74, 6) is -2.24. The van der Waals surface area contributed by atoms with E-state index >= 15 is 0 Å². The normalized spacial score (nSPS) is 11.6. The molecular weight excluding hydrogens is 260 g/mol. The molecule has 0 saturated carbocycles. The number of carbonyl (C=O) groups excluding carboxylic acids is 1. The standard InChI is InChI=1S/C10H20N2O5S/c1-4-12(5-2)18(16,17)8-9(13)11(3)7-6-10(14)15/h4-8H2,1-3H3,(H,14,15). The lowest BCUT2D eigenvalue weighted by Gasteiger charge is -2.21. The van der Waals surface area contributed by atoms with Crippen LogP contribution >= 0.6 is 0 Å². The summed E-state index contributed by atoms with van der Waals surface area (Å²) in [5.41, 5.74) is 0. The molecule has 0 saturated heterocycles. The van der Waals surface area contributed by atoms with Crippen LogP contribution in [0.4, 0.5) is 0 Å². The van der Waals surface area contributed by atoms with Crippen molar-refractivity contribution in [2.24, 2.45) is 0 Å². The second kappa shape index (κ2) is 7.32. The molecule has 106 valence electrons. The maximum absolute atomic E-state index is 11.8. The van der Waals surface area contributed by atoms with Crippen LogP contribution in [0.2, 0.25) is 0 Å². The van der Waals surface area contributed by atoms with Crippen molar-refractivity contribution in [2.45, 2.75) is 20.3 Å². The molecule has 0 spiro atoms. The number of hydrogen-bond acceptors (Lipinski definition) is 4. The van der Waals surface area contributed by atoms with Gasteiger partial charge in [-0.2, -0.15) is 0 Å². The maximum Gasteiger partial charge on any atom is 0.305 e. The molecule has 0 aromatic heterocycles. The lowest BCUT2D eigenvalue weighted by atomic mass is 10.4. The number of hydrogen-bond donors (Lipinski definition) is 1. The highest BCUT2D eigenvalue weighted by Gasteiger charge is 2.24. The fourth-order valence-electron chi connectivity index (χ4n) is 1.36. The molecule has 0 radical (unpaired) electrons. The molecule has 7 nitrogen and oxygen atoms in total. The summed E-state index contributed by atoms with van der Waals surface area (Å²) in [6.07, 6.45) is -0.201. The Balaban J connectivity index is 4.50. The summed E-state index contributed by atoms with van der Waals surface area (Å²) in [7, 11) is -2.22. The molecule has 1 amide bonds. The van der Waals surface area contributed by atoms with Crippen molar-refractivity contribution >= 4 is 21.9 Å². The van der Waals surface area contributed by atoms with Crippen molar-refractivity contribution in [3.05, 3.63) is 0 Å². The number of rotatable bonds is 8. The van der Waals surface area contributed by atoms with E-state index in [9.17, 15) is 18.0 Å². The van der Waals surface area contributed by atoms with Crippen LogP contribution in [0.5, 0.6) is 0 Å². The number of aliphatic carboxylic acids is 1. The van der Waals surface area contributed by atoms with E-state index < -0.39 is 27.7 Å². The van der Waals surface area contributed by atoms with Crippen molar-refractivity contribution in [3.63, 3.8) is 0 Å². The summed E-state index contributed by atoms with van der Waals surface area (Å²) < 4.78 is 24.8. The van der Waals surface area contributed by atoms with Crippen molar-refractivity contribution in [1.82, 2.24) is 9.21 Å². The summed E-state index contributed by atoms with van der Waals surface area (Å²) >= 11 is 0. The van der Waals surface area contributed by atoms with Gasteiger partial charge in [0.15, 0.2) is 0 Å². The Morgan fingerprint density at radius 3 is 2.06 bits per heavy atom. The minimum absolute atomic E-state index is 0.00192. The minimum Gasteiger partial charge on any atom is -0.481 e. The predicted octanol–water partition coefficient (Wildman–Crippen LogP) is -0.409. The van der Waals surface area contributed by atoms with Crippen LogP contribution in [0, 0.1) is 0 Å². The van der Waals surface area contributed by atoms with Crippen molar-refractivity contribution in [1.29, 1.82) is 0 Å². The Kier molecular flexibility index (Phi) is 6.85. The molecule has 0 aliphatic rings. The average Bonchev–Trinajstić information content (AvgIpc) is 2.26. The SMILES string of the molecule is CCN(CC)S(=O)(=O)CC(=O)N(C)CCC(=O)O. The van der Waals surface area contributed by atoms with Gasteiger partial charge in [-0.15, -0.1) is 0 Å². The number of carboxylic acids is 1. The van der Waals surface area contributed by atoms with Crippen molar-refractivity contribution in [2.75, 3.05) is 32.4 Å². The molecule has 18 heavy (non-hydrogen) atoms. The van der Waals surface area contributed by atoms with Crippen LogP contribution in [0.15, 0.2) is 0 Å². The van der Waals surface area contributed by atoms with Gasteiger partial charge in [-0.05, 0) is 0 Å². The Labute approximate surface area is 107 Å². The zero-order valence-corrected chi connectivity index (χ0v) is 11.7. The smallest absolute Gasteiger partial charge is 0.305 e. The van der Waals surface area contributed by atoms with Crippen LogP contribution in [-0.4, -0.2) is 67.0 Å². The first-order valence-corrected chi connectivity index (χ1v) is 7.29. The van der Waals surface area contributed by atoms with Gasteiger partial charge in [0.25, 0.3) is 0 Å². The van der Waals surface area contributed by atoms with Gasteiger partial charge in [-0.3, -0.25) is 9.59 Å². The van der Waals surface area contributed by atoms with Gasteiger partial charge in [0, 0.05) is 26.7 Å². The molecule has 0 heterocycles. The second-order valence-electron chi connectivity index (χ2n) is 3.80. The van der Waals surface area contributed by atoms with Crippen LogP contribution in [0.1, 0.15) is 20.3 Å². The minimum atomic E-state index is -3.61. The molecule has 8 heteroatoms. The Hall–Kier alpha value is -1.15. The molecule has 0 aromatic rings. The first-order chi connectivity index (χ1) is 8.24. The van der Waals surface area contributed by atoms with Gasteiger partial charge in [-0.25, -0.2) is 12.7 Å². The quantitative estimate of drug-likeness (QED) is 0.652. The van der Waals surface area contributed by atoms with E-state index in [0.717, 1.165) is 4.90 Å². The summed E-state index contributed by atoms with van der Waals surface area (Å²) in [6, 6.07) is 0. The number of sulfonamides is 1. The summed E-state index contributed by atoms with van der Waals surface area (Å²) in [5, 5.41) is 8.48. The zero-order chi connectivity index (χ0) is 14.3. The van der Waals surface area contributed by atoms with Crippen LogP contribution in [0.3, 0.4) is 0 Å².